The van der Waals surface area contributed by atoms with Crippen molar-refractivity contribution in [2.24, 2.45) is 5.92 Å². The van der Waals surface area contributed by atoms with Crippen LogP contribution in [0.4, 0.5) is 0 Å². The van der Waals surface area contributed by atoms with Gasteiger partial charge < -0.3 is 4.74 Å². The molecule has 0 amide bonds. The highest BCUT2D eigenvalue weighted by Gasteiger charge is 2.02. The Kier molecular flexibility index (Phi) is 5.39. The van der Waals surface area contributed by atoms with Crippen LogP contribution in [-0.4, -0.2) is 23.0 Å². The molecule has 0 unspecified atom stereocenters. The van der Waals surface area contributed by atoms with Crippen LogP contribution >= 0.6 is 22.6 Å². The van der Waals surface area contributed by atoms with Crippen LogP contribution in [0.3, 0.4) is 0 Å². The van der Waals surface area contributed by atoms with E-state index in [9.17, 15) is 0 Å². The van der Waals surface area contributed by atoms with Crippen molar-refractivity contribution in [3.63, 3.8) is 0 Å². The predicted molar refractivity (Wildman–Crippen MR) is 86.0 cm³/mol. The minimum Gasteiger partial charge on any atom is -0.379 e. The highest BCUT2D eigenvalue weighted by atomic mass is 127. The smallest absolute Gasteiger partial charge is 0.0662 e. The largest absolute Gasteiger partial charge is 0.379 e. The zero-order chi connectivity index (χ0) is 13.7. The molecule has 2 rings (SSSR count). The Morgan fingerprint density at radius 3 is 2.63 bits per heavy atom. The zero-order valence-corrected chi connectivity index (χ0v) is 13.5. The maximum Gasteiger partial charge on any atom is 0.0662 e. The molecular weight excluding hydrogens is 351 g/mol. The van der Waals surface area contributed by atoms with Crippen molar-refractivity contribution in [2.75, 3.05) is 13.2 Å². The summed E-state index contributed by atoms with van der Waals surface area (Å²) < 4.78 is 8.75. The molecule has 0 fully saturated rings. The molecule has 2 aromatic rings. The Morgan fingerprint density at radius 1 is 1.21 bits per heavy atom. The first-order valence-electron chi connectivity index (χ1n) is 6.51. The number of halogens is 1. The van der Waals surface area contributed by atoms with Crippen LogP contribution in [0.15, 0.2) is 36.7 Å². The maximum absolute atomic E-state index is 5.57. The van der Waals surface area contributed by atoms with Crippen LogP contribution in [0, 0.1) is 9.49 Å². The SMILES string of the molecule is CC(C)COCCn1cc(-c2ccc(I)cc2)cn1. The number of nitrogens with zero attached hydrogens (tertiary/aromatic N) is 2. The lowest BCUT2D eigenvalue weighted by atomic mass is 10.1. The summed E-state index contributed by atoms with van der Waals surface area (Å²) in [6.45, 7) is 6.64. The average molecular weight is 370 g/mol. The topological polar surface area (TPSA) is 27.1 Å². The molecular formula is C15H19IN2O. The minimum atomic E-state index is 0.583. The number of ether oxygens (including phenoxy) is 1. The Balaban J connectivity index is 1.90. The summed E-state index contributed by atoms with van der Waals surface area (Å²) in [4.78, 5) is 0. The summed E-state index contributed by atoms with van der Waals surface area (Å²) in [5, 5.41) is 4.37. The molecule has 4 heteroatoms. The van der Waals surface area contributed by atoms with Gasteiger partial charge in [0.05, 0.1) is 19.3 Å². The van der Waals surface area contributed by atoms with Crippen LogP contribution in [0.2, 0.25) is 0 Å². The van der Waals surface area contributed by atoms with Gasteiger partial charge in [-0.15, -0.1) is 0 Å². The Bertz CT molecular complexity index is 505. The fourth-order valence-electron chi connectivity index (χ4n) is 1.75. The van der Waals surface area contributed by atoms with Crippen molar-refractivity contribution in [1.82, 2.24) is 9.78 Å². The van der Waals surface area contributed by atoms with Crippen molar-refractivity contribution in [3.8, 4) is 11.1 Å². The molecule has 0 aliphatic heterocycles. The molecule has 0 atom stereocenters. The molecule has 102 valence electrons. The normalized spacial score (nSPS) is 11.2. The van der Waals surface area contributed by atoms with Gasteiger partial charge in [0.1, 0.15) is 0 Å². The summed E-state index contributed by atoms with van der Waals surface area (Å²) >= 11 is 2.31. The van der Waals surface area contributed by atoms with Gasteiger partial charge in [-0.25, -0.2) is 0 Å². The van der Waals surface area contributed by atoms with Gasteiger partial charge in [-0.2, -0.15) is 5.10 Å². The summed E-state index contributed by atoms with van der Waals surface area (Å²) in [5.41, 5.74) is 2.36. The molecule has 0 saturated heterocycles. The number of hydrogen-bond donors (Lipinski definition) is 0. The fraction of sp³-hybridized carbons (Fsp3) is 0.400. The van der Waals surface area contributed by atoms with Crippen LogP contribution in [0.25, 0.3) is 11.1 Å². The number of benzene rings is 1. The molecule has 3 nitrogen and oxygen atoms in total. The molecule has 19 heavy (non-hydrogen) atoms. The van der Waals surface area contributed by atoms with Gasteiger partial charge in [-0.05, 0) is 46.2 Å². The Hall–Kier alpha value is -0.880. The van der Waals surface area contributed by atoms with Gasteiger partial charge in [0.15, 0.2) is 0 Å². The van der Waals surface area contributed by atoms with E-state index in [4.69, 9.17) is 4.74 Å². The van der Waals surface area contributed by atoms with E-state index in [2.05, 4.69) is 72.0 Å². The quantitative estimate of drug-likeness (QED) is 0.571. The van der Waals surface area contributed by atoms with Crippen molar-refractivity contribution in [3.05, 3.63) is 40.2 Å². The van der Waals surface area contributed by atoms with E-state index in [0.29, 0.717) is 12.5 Å². The monoisotopic (exact) mass is 370 g/mol. The number of aromatic nitrogens is 2. The van der Waals surface area contributed by atoms with Gasteiger partial charge in [0.2, 0.25) is 0 Å². The summed E-state index contributed by atoms with van der Waals surface area (Å²) in [6.07, 6.45) is 3.98. The molecule has 0 radical (unpaired) electrons. The standard InChI is InChI=1S/C15H19IN2O/c1-12(2)11-19-8-7-18-10-14(9-17-18)13-3-5-15(16)6-4-13/h3-6,9-10,12H,7-8,11H2,1-2H3. The van der Waals surface area contributed by atoms with Crippen LogP contribution in [0.5, 0.6) is 0 Å². The zero-order valence-electron chi connectivity index (χ0n) is 11.3. The van der Waals surface area contributed by atoms with E-state index >= 15 is 0 Å². The third-order valence-electron chi connectivity index (χ3n) is 2.73. The van der Waals surface area contributed by atoms with Crippen molar-refractivity contribution in [2.45, 2.75) is 20.4 Å². The molecule has 0 aliphatic carbocycles. The minimum absolute atomic E-state index is 0.583. The number of hydrogen-bond acceptors (Lipinski definition) is 2. The third kappa shape index (κ3) is 4.62. The molecule has 0 aliphatic rings. The molecule has 0 saturated carbocycles. The lowest BCUT2D eigenvalue weighted by Gasteiger charge is -2.06. The summed E-state index contributed by atoms with van der Waals surface area (Å²) in [6, 6.07) is 8.47. The van der Waals surface area contributed by atoms with Crippen LogP contribution in [0.1, 0.15) is 13.8 Å². The van der Waals surface area contributed by atoms with Gasteiger partial charge >= 0.3 is 0 Å². The first kappa shape index (κ1) is 14.5. The van der Waals surface area contributed by atoms with Gasteiger partial charge in [0, 0.05) is 21.9 Å². The highest BCUT2D eigenvalue weighted by Crippen LogP contribution is 2.19. The van der Waals surface area contributed by atoms with Crippen LogP contribution < -0.4 is 0 Å². The first-order valence-corrected chi connectivity index (χ1v) is 7.59. The van der Waals surface area contributed by atoms with Gasteiger partial charge in [0.25, 0.3) is 0 Å². The van der Waals surface area contributed by atoms with E-state index in [-0.39, 0.29) is 0 Å². The maximum atomic E-state index is 5.57. The lowest BCUT2D eigenvalue weighted by Crippen LogP contribution is -2.09. The predicted octanol–water partition coefficient (Wildman–Crippen LogP) is 3.83. The molecule has 1 aromatic heterocycles. The van der Waals surface area contributed by atoms with Crippen molar-refractivity contribution >= 4 is 22.6 Å². The third-order valence-corrected chi connectivity index (χ3v) is 3.45. The molecule has 1 aromatic carbocycles. The molecule has 0 bridgehead atoms. The van der Waals surface area contributed by atoms with Gasteiger partial charge in [-0.3, -0.25) is 4.68 Å². The first-order chi connectivity index (χ1) is 9.15. The highest BCUT2D eigenvalue weighted by molar-refractivity contribution is 14.1. The second kappa shape index (κ2) is 7.05. The number of rotatable bonds is 6. The van der Waals surface area contributed by atoms with E-state index in [1.807, 2.05) is 10.9 Å². The van der Waals surface area contributed by atoms with Crippen LogP contribution in [-0.2, 0) is 11.3 Å². The lowest BCUT2D eigenvalue weighted by molar-refractivity contribution is 0.101. The molecule has 1 heterocycles. The Labute approximate surface area is 128 Å². The summed E-state index contributed by atoms with van der Waals surface area (Å²) in [7, 11) is 0. The Morgan fingerprint density at radius 2 is 1.95 bits per heavy atom. The van der Waals surface area contributed by atoms with Crippen molar-refractivity contribution < 1.29 is 4.74 Å². The second-order valence-electron chi connectivity index (χ2n) is 4.97. The van der Waals surface area contributed by atoms with E-state index in [0.717, 1.165) is 18.7 Å². The van der Waals surface area contributed by atoms with E-state index in [1.165, 1.54) is 9.13 Å². The van der Waals surface area contributed by atoms with E-state index < -0.39 is 0 Å². The average Bonchev–Trinajstić information content (AvgIpc) is 2.84. The summed E-state index contributed by atoms with van der Waals surface area (Å²) in [5.74, 6) is 0.583. The second-order valence-corrected chi connectivity index (χ2v) is 6.21. The fourth-order valence-corrected chi connectivity index (χ4v) is 2.11. The van der Waals surface area contributed by atoms with E-state index in [1.54, 1.807) is 0 Å². The van der Waals surface area contributed by atoms with Gasteiger partial charge in [-0.1, -0.05) is 26.0 Å². The molecule has 0 N–H and O–H groups in total. The van der Waals surface area contributed by atoms with Crippen molar-refractivity contribution in [1.29, 1.82) is 0 Å². The molecule has 0 spiro atoms.